The van der Waals surface area contributed by atoms with Crippen LogP contribution in [0, 0.1) is 0 Å². The lowest BCUT2D eigenvalue weighted by Crippen LogP contribution is -2.48. The van der Waals surface area contributed by atoms with E-state index in [-0.39, 0.29) is 30.1 Å². The third-order valence-electron chi connectivity index (χ3n) is 4.00. The number of guanidine groups is 1. The van der Waals surface area contributed by atoms with Crippen molar-refractivity contribution in [1.29, 1.82) is 0 Å². The molecular weight excluding hydrogens is 433 g/mol. The number of halogens is 1. The van der Waals surface area contributed by atoms with Crippen molar-refractivity contribution in [3.05, 3.63) is 42.1 Å². The van der Waals surface area contributed by atoms with Crippen LogP contribution >= 0.6 is 24.0 Å². The molecule has 3 rings (SSSR count). The first-order valence-corrected chi connectivity index (χ1v) is 8.42. The number of nitrogens with zero attached hydrogens (tertiary/aromatic N) is 4. The number of morpholine rings is 1. The Morgan fingerprint density at radius 1 is 1.48 bits per heavy atom. The van der Waals surface area contributed by atoms with E-state index in [2.05, 4.69) is 22.2 Å². The van der Waals surface area contributed by atoms with Crippen LogP contribution in [-0.2, 0) is 18.2 Å². The smallest absolute Gasteiger partial charge is 0.194 e. The van der Waals surface area contributed by atoms with Gasteiger partial charge in [0.15, 0.2) is 5.96 Å². The number of hydrogen-bond donors (Lipinski definition) is 1. The van der Waals surface area contributed by atoms with Gasteiger partial charge in [0.05, 0.1) is 25.6 Å². The molecule has 3 heterocycles. The number of furan rings is 1. The standard InChI is InChI=1S/C17H25N5O2.HI/c1-3-18-17(19-7-6-15-5-4-9-23-15)22-8-10-24-16(13-22)14-11-20-21(2)12-14;/h4-5,9,11-12,16H,3,6-8,10,13H2,1-2H3,(H,18,19);1H. The van der Waals surface area contributed by atoms with Crippen LogP contribution in [0.25, 0.3) is 0 Å². The molecule has 138 valence electrons. The minimum atomic E-state index is 0. The monoisotopic (exact) mass is 459 g/mol. The summed E-state index contributed by atoms with van der Waals surface area (Å²) in [7, 11) is 1.92. The molecule has 1 fully saturated rings. The summed E-state index contributed by atoms with van der Waals surface area (Å²) < 4.78 is 13.1. The number of rotatable bonds is 5. The summed E-state index contributed by atoms with van der Waals surface area (Å²) in [6, 6.07) is 3.89. The summed E-state index contributed by atoms with van der Waals surface area (Å²) in [6.45, 7) is 5.92. The predicted octanol–water partition coefficient (Wildman–Crippen LogP) is 2.21. The van der Waals surface area contributed by atoms with Crippen molar-refractivity contribution in [3.63, 3.8) is 0 Å². The molecule has 0 aromatic carbocycles. The van der Waals surface area contributed by atoms with Crippen molar-refractivity contribution < 1.29 is 9.15 Å². The zero-order valence-electron chi connectivity index (χ0n) is 14.7. The van der Waals surface area contributed by atoms with Gasteiger partial charge in [0.2, 0.25) is 0 Å². The Morgan fingerprint density at radius 2 is 2.36 bits per heavy atom. The summed E-state index contributed by atoms with van der Waals surface area (Å²) in [4.78, 5) is 7.00. The molecule has 0 aliphatic carbocycles. The third kappa shape index (κ3) is 5.46. The fraction of sp³-hybridized carbons (Fsp3) is 0.529. The number of nitrogens with one attached hydrogen (secondary N) is 1. The molecule has 8 heteroatoms. The van der Waals surface area contributed by atoms with Crippen LogP contribution in [0.4, 0.5) is 0 Å². The number of aliphatic imine (C=N–C) groups is 1. The summed E-state index contributed by atoms with van der Waals surface area (Å²) in [6.07, 6.45) is 6.41. The molecule has 1 N–H and O–H groups in total. The van der Waals surface area contributed by atoms with Gasteiger partial charge in [-0.2, -0.15) is 5.10 Å². The van der Waals surface area contributed by atoms with E-state index in [0.717, 1.165) is 43.3 Å². The molecule has 1 atom stereocenters. The largest absolute Gasteiger partial charge is 0.469 e. The van der Waals surface area contributed by atoms with E-state index in [4.69, 9.17) is 14.1 Å². The van der Waals surface area contributed by atoms with E-state index in [0.29, 0.717) is 13.2 Å². The Labute approximate surface area is 165 Å². The van der Waals surface area contributed by atoms with E-state index in [1.807, 2.05) is 31.6 Å². The van der Waals surface area contributed by atoms with Crippen molar-refractivity contribution in [3.8, 4) is 0 Å². The SMILES string of the molecule is CCNC(=NCCc1ccco1)N1CCOC(c2cnn(C)c2)C1.I. The van der Waals surface area contributed by atoms with Gasteiger partial charge < -0.3 is 19.4 Å². The molecular formula is C17H26IN5O2. The predicted molar refractivity (Wildman–Crippen MR) is 107 cm³/mol. The molecule has 2 aromatic rings. The Kier molecular flexibility index (Phi) is 7.76. The number of hydrogen-bond acceptors (Lipinski definition) is 4. The molecule has 0 saturated carbocycles. The Morgan fingerprint density at radius 3 is 3.04 bits per heavy atom. The van der Waals surface area contributed by atoms with Crippen LogP contribution in [0.1, 0.15) is 24.4 Å². The second-order valence-electron chi connectivity index (χ2n) is 5.82. The fourth-order valence-corrected chi connectivity index (χ4v) is 2.80. The van der Waals surface area contributed by atoms with Gasteiger partial charge in [-0.25, -0.2) is 0 Å². The molecule has 7 nitrogen and oxygen atoms in total. The molecule has 0 radical (unpaired) electrons. The van der Waals surface area contributed by atoms with Crippen molar-refractivity contribution in [2.24, 2.45) is 12.0 Å². The second-order valence-corrected chi connectivity index (χ2v) is 5.82. The van der Waals surface area contributed by atoms with Crippen molar-refractivity contribution in [2.45, 2.75) is 19.4 Å². The average molecular weight is 459 g/mol. The lowest BCUT2D eigenvalue weighted by molar-refractivity contribution is -0.00803. The molecule has 0 amide bonds. The summed E-state index contributed by atoms with van der Waals surface area (Å²) in [5.74, 6) is 1.89. The molecule has 25 heavy (non-hydrogen) atoms. The molecule has 2 aromatic heterocycles. The number of aryl methyl sites for hydroxylation is 1. The topological polar surface area (TPSA) is 67.8 Å². The maximum atomic E-state index is 5.91. The molecule has 1 aliphatic heterocycles. The van der Waals surface area contributed by atoms with E-state index >= 15 is 0 Å². The van der Waals surface area contributed by atoms with Gasteiger partial charge >= 0.3 is 0 Å². The Balaban J connectivity index is 0.00000225. The minimum Gasteiger partial charge on any atom is -0.469 e. The van der Waals surface area contributed by atoms with E-state index in [1.165, 1.54) is 0 Å². The van der Waals surface area contributed by atoms with Crippen LogP contribution in [-0.4, -0.2) is 53.4 Å². The fourth-order valence-electron chi connectivity index (χ4n) is 2.80. The van der Waals surface area contributed by atoms with E-state index in [1.54, 1.807) is 10.9 Å². The lowest BCUT2D eigenvalue weighted by atomic mass is 10.1. The quantitative estimate of drug-likeness (QED) is 0.422. The Bertz CT molecular complexity index is 656. The van der Waals surface area contributed by atoms with Crippen LogP contribution in [0.2, 0.25) is 0 Å². The normalized spacial score (nSPS) is 18.1. The second kappa shape index (κ2) is 9.81. The molecule has 1 aliphatic rings. The van der Waals surface area contributed by atoms with Gasteiger partial charge in [-0.05, 0) is 19.1 Å². The first kappa shape index (κ1) is 19.8. The molecule has 1 unspecified atom stereocenters. The lowest BCUT2D eigenvalue weighted by Gasteiger charge is -2.34. The highest BCUT2D eigenvalue weighted by Crippen LogP contribution is 2.21. The van der Waals surface area contributed by atoms with Gasteiger partial charge in [-0.3, -0.25) is 9.67 Å². The van der Waals surface area contributed by atoms with Crippen molar-refractivity contribution >= 4 is 29.9 Å². The van der Waals surface area contributed by atoms with Crippen LogP contribution in [0.5, 0.6) is 0 Å². The highest BCUT2D eigenvalue weighted by molar-refractivity contribution is 14.0. The Hall–Kier alpha value is -1.55. The average Bonchev–Trinajstić information content (AvgIpc) is 3.26. The van der Waals surface area contributed by atoms with Gasteiger partial charge in [0.1, 0.15) is 11.9 Å². The van der Waals surface area contributed by atoms with E-state index in [9.17, 15) is 0 Å². The first-order valence-electron chi connectivity index (χ1n) is 8.42. The molecule has 0 spiro atoms. The maximum Gasteiger partial charge on any atom is 0.194 e. The van der Waals surface area contributed by atoms with Crippen LogP contribution in [0.3, 0.4) is 0 Å². The van der Waals surface area contributed by atoms with Crippen LogP contribution < -0.4 is 5.32 Å². The summed E-state index contributed by atoms with van der Waals surface area (Å²) in [5.41, 5.74) is 1.11. The van der Waals surface area contributed by atoms with Crippen molar-refractivity contribution in [2.75, 3.05) is 32.8 Å². The van der Waals surface area contributed by atoms with Gasteiger partial charge in [-0.1, -0.05) is 0 Å². The number of aromatic nitrogens is 2. The zero-order chi connectivity index (χ0) is 16.8. The minimum absolute atomic E-state index is 0. The summed E-state index contributed by atoms with van der Waals surface area (Å²) in [5, 5.41) is 7.62. The summed E-state index contributed by atoms with van der Waals surface area (Å²) >= 11 is 0. The first-order chi connectivity index (χ1) is 11.8. The number of ether oxygens (including phenoxy) is 1. The van der Waals surface area contributed by atoms with Gasteiger partial charge in [0.25, 0.3) is 0 Å². The molecule has 1 saturated heterocycles. The molecule has 0 bridgehead atoms. The highest BCUT2D eigenvalue weighted by atomic mass is 127. The van der Waals surface area contributed by atoms with Crippen molar-refractivity contribution in [1.82, 2.24) is 20.0 Å². The zero-order valence-corrected chi connectivity index (χ0v) is 17.1. The third-order valence-corrected chi connectivity index (χ3v) is 4.00. The van der Waals surface area contributed by atoms with Crippen LogP contribution in [0.15, 0.2) is 40.2 Å². The highest BCUT2D eigenvalue weighted by Gasteiger charge is 2.25. The van der Waals surface area contributed by atoms with Gasteiger partial charge in [0, 0.05) is 44.9 Å². The van der Waals surface area contributed by atoms with Gasteiger partial charge in [-0.15, -0.1) is 24.0 Å². The maximum absolute atomic E-state index is 5.91. The van der Waals surface area contributed by atoms with E-state index < -0.39 is 0 Å².